The van der Waals surface area contributed by atoms with Gasteiger partial charge in [-0.1, -0.05) is 42.5 Å². The van der Waals surface area contributed by atoms with E-state index in [1.807, 2.05) is 31.2 Å². The minimum absolute atomic E-state index is 0.0265. The van der Waals surface area contributed by atoms with Crippen molar-refractivity contribution >= 4 is 11.8 Å². The molecule has 2 bridgehead atoms. The van der Waals surface area contributed by atoms with E-state index in [4.69, 9.17) is 4.74 Å². The Labute approximate surface area is 161 Å². The van der Waals surface area contributed by atoms with E-state index >= 15 is 0 Å². The molecule has 2 saturated heterocycles. The summed E-state index contributed by atoms with van der Waals surface area (Å²) in [6.07, 6.45) is 4.12. The molecule has 2 aliphatic rings. The number of aryl methyl sites for hydroxylation is 1. The highest BCUT2D eigenvalue weighted by atomic mass is 16.6. The van der Waals surface area contributed by atoms with Crippen molar-refractivity contribution in [2.45, 2.75) is 50.8 Å². The Balaban J connectivity index is 1.47. The first-order valence-corrected chi connectivity index (χ1v) is 9.90. The highest BCUT2D eigenvalue weighted by molar-refractivity contribution is 5.91. The minimum atomic E-state index is -0.339. The second-order valence-electron chi connectivity index (χ2n) is 8.55. The number of carbonyl (C=O) groups excluding carboxylic acids is 1. The Hall–Kier alpha value is -2.33. The molecule has 2 heterocycles. The highest BCUT2D eigenvalue weighted by Crippen LogP contribution is 2.40. The summed E-state index contributed by atoms with van der Waals surface area (Å²) >= 11 is 0. The van der Waals surface area contributed by atoms with Gasteiger partial charge in [0.2, 0.25) is 0 Å². The molecule has 2 aromatic rings. The van der Waals surface area contributed by atoms with Crippen molar-refractivity contribution in [3.63, 3.8) is 0 Å². The number of anilines is 1. The number of nitrogens with one attached hydrogen (secondary N) is 1. The third-order valence-electron chi connectivity index (χ3n) is 6.56. The van der Waals surface area contributed by atoms with Gasteiger partial charge in [0.25, 0.3) is 0 Å². The smallest absolute Gasteiger partial charge is 0.411 e. The number of hydrogen-bond donors (Lipinski definition) is 1. The lowest BCUT2D eigenvalue weighted by Crippen LogP contribution is -2.56. The molecule has 27 heavy (non-hydrogen) atoms. The zero-order valence-electron chi connectivity index (χ0n) is 16.4. The van der Waals surface area contributed by atoms with Crippen LogP contribution in [-0.2, 0) is 4.74 Å². The molecule has 4 rings (SSSR count). The number of hydrogen-bond acceptors (Lipinski definition) is 2. The van der Waals surface area contributed by atoms with Crippen LogP contribution in [0.25, 0.3) is 11.1 Å². The summed E-state index contributed by atoms with van der Waals surface area (Å²) in [4.78, 5) is 12.6. The van der Waals surface area contributed by atoms with Gasteiger partial charge in [-0.05, 0) is 24.1 Å². The van der Waals surface area contributed by atoms with Crippen LogP contribution in [0.15, 0.2) is 48.5 Å². The number of carbonyl (C=O) groups is 1. The van der Waals surface area contributed by atoms with Crippen LogP contribution >= 0.6 is 0 Å². The fourth-order valence-electron chi connectivity index (χ4n) is 4.85. The molecule has 2 fully saturated rings. The Kier molecular flexibility index (Phi) is 4.68. The zero-order valence-corrected chi connectivity index (χ0v) is 16.4. The maximum atomic E-state index is 12.6. The van der Waals surface area contributed by atoms with Gasteiger partial charge in [0.05, 0.1) is 31.9 Å². The van der Waals surface area contributed by atoms with E-state index in [0.29, 0.717) is 12.1 Å². The monoisotopic (exact) mass is 365 g/mol. The summed E-state index contributed by atoms with van der Waals surface area (Å²) in [6.45, 7) is 2.03. The Morgan fingerprint density at radius 3 is 2.37 bits per heavy atom. The van der Waals surface area contributed by atoms with Crippen LogP contribution in [0.5, 0.6) is 0 Å². The van der Waals surface area contributed by atoms with E-state index in [0.717, 1.165) is 39.7 Å². The van der Waals surface area contributed by atoms with Crippen LogP contribution in [0, 0.1) is 6.92 Å². The predicted molar refractivity (Wildman–Crippen MR) is 109 cm³/mol. The normalized spacial score (nSPS) is 25.8. The second-order valence-corrected chi connectivity index (χ2v) is 8.55. The van der Waals surface area contributed by atoms with Crippen molar-refractivity contribution in [1.82, 2.24) is 0 Å². The molecule has 2 aliphatic heterocycles. The van der Waals surface area contributed by atoms with E-state index in [1.54, 1.807) is 0 Å². The van der Waals surface area contributed by atoms with E-state index < -0.39 is 0 Å². The number of rotatable bonds is 3. The van der Waals surface area contributed by atoms with Crippen molar-refractivity contribution in [2.24, 2.45) is 0 Å². The molecule has 0 aromatic heterocycles. The van der Waals surface area contributed by atoms with E-state index in [-0.39, 0.29) is 12.2 Å². The van der Waals surface area contributed by atoms with Crippen molar-refractivity contribution in [3.8, 4) is 11.1 Å². The standard InChI is InChI=1S/C23H28N2O2/c1-16-9-12-21(17-7-5-4-6-8-17)22(13-16)24-23(26)27-20-14-18-10-11-19(15-20)25(18,2)3/h4-9,12-13,18-20H,10-11,14-15H2,1-3H3/p+1. The third kappa shape index (κ3) is 3.59. The van der Waals surface area contributed by atoms with Crippen molar-refractivity contribution in [1.29, 1.82) is 0 Å². The van der Waals surface area contributed by atoms with Gasteiger partial charge in [0, 0.05) is 31.2 Å². The van der Waals surface area contributed by atoms with Gasteiger partial charge in [0.15, 0.2) is 0 Å². The lowest BCUT2D eigenvalue weighted by Gasteiger charge is -2.43. The number of amides is 1. The van der Waals surface area contributed by atoms with Crippen LogP contribution in [0.2, 0.25) is 0 Å². The van der Waals surface area contributed by atoms with Gasteiger partial charge >= 0.3 is 6.09 Å². The van der Waals surface area contributed by atoms with Gasteiger partial charge < -0.3 is 9.22 Å². The summed E-state index contributed by atoms with van der Waals surface area (Å²) in [6, 6.07) is 17.5. The Bertz CT molecular complexity index is 816. The third-order valence-corrected chi connectivity index (χ3v) is 6.56. The summed E-state index contributed by atoms with van der Waals surface area (Å²) in [7, 11) is 4.63. The molecule has 1 N–H and O–H groups in total. The number of ether oxygens (including phenoxy) is 1. The van der Waals surface area contributed by atoms with E-state index in [2.05, 4.69) is 43.7 Å². The molecule has 0 saturated carbocycles. The van der Waals surface area contributed by atoms with Crippen molar-refractivity contribution in [2.75, 3.05) is 19.4 Å². The van der Waals surface area contributed by atoms with Crippen molar-refractivity contribution < 1.29 is 14.0 Å². The lowest BCUT2D eigenvalue weighted by atomic mass is 9.98. The molecular formula is C23H29N2O2+. The molecule has 0 spiro atoms. The number of fused-ring (bicyclic) bond motifs is 2. The molecule has 1 amide bonds. The first-order chi connectivity index (χ1) is 12.9. The molecule has 142 valence electrons. The number of nitrogens with zero attached hydrogens (tertiary/aromatic N) is 1. The summed E-state index contributed by atoms with van der Waals surface area (Å²) < 4.78 is 6.92. The molecule has 0 radical (unpaired) electrons. The van der Waals surface area contributed by atoms with E-state index in [1.165, 1.54) is 12.8 Å². The summed E-state index contributed by atoms with van der Waals surface area (Å²) in [5, 5.41) is 3.00. The summed E-state index contributed by atoms with van der Waals surface area (Å²) in [5.41, 5.74) is 4.02. The largest absolute Gasteiger partial charge is 0.445 e. The first-order valence-electron chi connectivity index (χ1n) is 9.90. The van der Waals surface area contributed by atoms with Gasteiger partial charge in [-0.15, -0.1) is 0 Å². The first kappa shape index (κ1) is 18.1. The molecule has 2 aromatic carbocycles. The average Bonchev–Trinajstić information content (AvgIpc) is 2.80. The van der Waals surface area contributed by atoms with Crippen LogP contribution in [0.4, 0.5) is 10.5 Å². The Morgan fingerprint density at radius 2 is 1.70 bits per heavy atom. The minimum Gasteiger partial charge on any atom is -0.445 e. The maximum absolute atomic E-state index is 12.6. The number of quaternary nitrogens is 1. The molecule has 0 aliphatic carbocycles. The SMILES string of the molecule is Cc1ccc(-c2ccccc2)c(NC(=O)OC2CC3CCC(C2)[N+]3(C)C)c1. The fraction of sp³-hybridized carbons (Fsp3) is 0.435. The summed E-state index contributed by atoms with van der Waals surface area (Å²) in [5.74, 6) is 0. The van der Waals surface area contributed by atoms with E-state index in [9.17, 15) is 4.79 Å². The van der Waals surface area contributed by atoms with Crippen molar-refractivity contribution in [3.05, 3.63) is 54.1 Å². The van der Waals surface area contributed by atoms with Gasteiger partial charge in [-0.2, -0.15) is 0 Å². The average molecular weight is 365 g/mol. The van der Waals surface area contributed by atoms with Crippen LogP contribution < -0.4 is 5.32 Å². The molecular weight excluding hydrogens is 336 g/mol. The van der Waals surface area contributed by atoms with Crippen LogP contribution in [-0.4, -0.2) is 42.9 Å². The fourth-order valence-corrected chi connectivity index (χ4v) is 4.85. The number of benzene rings is 2. The predicted octanol–water partition coefficient (Wildman–Crippen LogP) is 4.98. The molecule has 2 unspecified atom stereocenters. The maximum Gasteiger partial charge on any atom is 0.411 e. The quantitative estimate of drug-likeness (QED) is 0.779. The van der Waals surface area contributed by atoms with Gasteiger partial charge in [-0.25, -0.2) is 4.79 Å². The van der Waals surface area contributed by atoms with Gasteiger partial charge in [0.1, 0.15) is 6.10 Å². The number of piperidine rings is 1. The zero-order chi connectivity index (χ0) is 19.0. The molecule has 4 heteroatoms. The topological polar surface area (TPSA) is 38.3 Å². The highest BCUT2D eigenvalue weighted by Gasteiger charge is 2.49. The Morgan fingerprint density at radius 1 is 1.04 bits per heavy atom. The lowest BCUT2D eigenvalue weighted by molar-refractivity contribution is -0.931. The molecule has 2 atom stereocenters. The molecule has 4 nitrogen and oxygen atoms in total. The van der Waals surface area contributed by atoms with Crippen LogP contribution in [0.1, 0.15) is 31.2 Å². The van der Waals surface area contributed by atoms with Crippen LogP contribution in [0.3, 0.4) is 0 Å². The second kappa shape index (κ2) is 7.01. The van der Waals surface area contributed by atoms with Gasteiger partial charge in [-0.3, -0.25) is 5.32 Å².